The minimum atomic E-state index is 0.758. The van der Waals surface area contributed by atoms with Crippen LogP contribution in [-0.4, -0.2) is 9.97 Å². The van der Waals surface area contributed by atoms with Crippen molar-refractivity contribution in [3.8, 4) is 11.4 Å². The summed E-state index contributed by atoms with van der Waals surface area (Å²) in [5, 5.41) is 0. The Morgan fingerprint density at radius 1 is 0.947 bits per heavy atom. The average Bonchev–Trinajstić information content (AvgIpc) is 2.75. The molecule has 0 aliphatic carbocycles. The van der Waals surface area contributed by atoms with Crippen molar-refractivity contribution < 1.29 is 0 Å². The van der Waals surface area contributed by atoms with Gasteiger partial charge in [-0.15, -0.1) is 0 Å². The van der Waals surface area contributed by atoms with E-state index in [0.29, 0.717) is 0 Å². The fourth-order valence-corrected chi connectivity index (χ4v) is 2.29. The molecule has 0 spiro atoms. The number of aromatic nitrogens is 2. The molecule has 0 unspecified atom stereocenters. The summed E-state index contributed by atoms with van der Waals surface area (Å²) < 4.78 is 0. The van der Waals surface area contributed by atoms with Crippen LogP contribution in [0.4, 0.5) is 5.69 Å². The van der Waals surface area contributed by atoms with Crippen LogP contribution in [0.3, 0.4) is 0 Å². The van der Waals surface area contributed by atoms with E-state index in [1.165, 1.54) is 16.7 Å². The Morgan fingerprint density at radius 3 is 2.47 bits per heavy atom. The minimum Gasteiger partial charge on any atom is -0.399 e. The predicted molar refractivity (Wildman–Crippen MR) is 80.2 cm³/mol. The number of nitrogens with one attached hydrogen (secondary N) is 1. The molecule has 3 heteroatoms. The molecule has 3 N–H and O–H groups in total. The van der Waals surface area contributed by atoms with Crippen LogP contribution < -0.4 is 5.73 Å². The molecule has 1 heterocycles. The van der Waals surface area contributed by atoms with Crippen LogP contribution in [0.2, 0.25) is 0 Å². The van der Waals surface area contributed by atoms with Crippen molar-refractivity contribution >= 4 is 16.7 Å². The minimum absolute atomic E-state index is 0.758. The normalized spacial score (nSPS) is 11.1. The number of aromatic amines is 1. The van der Waals surface area contributed by atoms with Crippen LogP contribution in [0.25, 0.3) is 22.4 Å². The van der Waals surface area contributed by atoms with Crippen molar-refractivity contribution in [1.29, 1.82) is 0 Å². The van der Waals surface area contributed by atoms with Crippen molar-refractivity contribution in [2.45, 2.75) is 20.8 Å². The first kappa shape index (κ1) is 11.8. The maximum absolute atomic E-state index is 5.87. The number of benzene rings is 2. The molecule has 3 aromatic rings. The van der Waals surface area contributed by atoms with E-state index in [2.05, 4.69) is 42.9 Å². The SMILES string of the molecule is Cc1cc2nc(-c3cc(N)ccc3C)[nH]c2cc1C. The molecular weight excluding hydrogens is 234 g/mol. The highest BCUT2D eigenvalue weighted by Crippen LogP contribution is 2.26. The van der Waals surface area contributed by atoms with Gasteiger partial charge in [0, 0.05) is 11.3 Å². The van der Waals surface area contributed by atoms with E-state index in [0.717, 1.165) is 28.1 Å². The molecule has 0 saturated heterocycles. The fourth-order valence-electron chi connectivity index (χ4n) is 2.29. The van der Waals surface area contributed by atoms with Crippen molar-refractivity contribution in [2.24, 2.45) is 0 Å². The first-order valence-electron chi connectivity index (χ1n) is 6.38. The summed E-state index contributed by atoms with van der Waals surface area (Å²) >= 11 is 0. The van der Waals surface area contributed by atoms with Gasteiger partial charge in [-0.3, -0.25) is 0 Å². The number of nitrogens with two attached hydrogens (primary N) is 1. The molecule has 0 bridgehead atoms. The largest absolute Gasteiger partial charge is 0.399 e. The molecule has 0 amide bonds. The van der Waals surface area contributed by atoms with Gasteiger partial charge in [-0.05, 0) is 61.7 Å². The third kappa shape index (κ3) is 1.97. The third-order valence-corrected chi connectivity index (χ3v) is 3.61. The highest BCUT2D eigenvalue weighted by atomic mass is 14.9. The summed E-state index contributed by atoms with van der Waals surface area (Å²) in [6, 6.07) is 10.2. The molecule has 3 rings (SSSR count). The summed E-state index contributed by atoms with van der Waals surface area (Å²) in [7, 11) is 0. The van der Waals surface area contributed by atoms with Gasteiger partial charge in [-0.1, -0.05) is 6.07 Å². The van der Waals surface area contributed by atoms with Crippen LogP contribution >= 0.6 is 0 Å². The van der Waals surface area contributed by atoms with Crippen molar-refractivity contribution in [3.63, 3.8) is 0 Å². The van der Waals surface area contributed by atoms with Gasteiger partial charge >= 0.3 is 0 Å². The Balaban J connectivity index is 2.23. The number of aryl methyl sites for hydroxylation is 3. The number of rotatable bonds is 1. The van der Waals surface area contributed by atoms with Crippen LogP contribution in [-0.2, 0) is 0 Å². The lowest BCUT2D eigenvalue weighted by atomic mass is 10.1. The van der Waals surface area contributed by atoms with E-state index < -0.39 is 0 Å². The van der Waals surface area contributed by atoms with E-state index in [9.17, 15) is 0 Å². The standard InChI is InChI=1S/C16H17N3/c1-9-4-5-12(17)8-13(9)16-18-14-6-10(2)11(3)7-15(14)19-16/h4-8H,17H2,1-3H3,(H,18,19). The first-order valence-corrected chi connectivity index (χ1v) is 6.38. The number of anilines is 1. The second-order valence-corrected chi connectivity index (χ2v) is 5.11. The summed E-state index contributed by atoms with van der Waals surface area (Å²) in [5.41, 5.74) is 13.5. The number of H-pyrrole nitrogens is 1. The monoisotopic (exact) mass is 251 g/mol. The topological polar surface area (TPSA) is 54.7 Å². The van der Waals surface area contributed by atoms with Gasteiger partial charge in [-0.2, -0.15) is 0 Å². The number of imidazole rings is 1. The molecule has 0 aliphatic rings. The predicted octanol–water partition coefficient (Wildman–Crippen LogP) is 3.74. The zero-order valence-corrected chi connectivity index (χ0v) is 11.4. The van der Waals surface area contributed by atoms with Crippen LogP contribution in [0.1, 0.15) is 16.7 Å². The summed E-state index contributed by atoms with van der Waals surface area (Å²) in [5.74, 6) is 0.879. The van der Waals surface area contributed by atoms with Gasteiger partial charge in [0.05, 0.1) is 11.0 Å². The van der Waals surface area contributed by atoms with Crippen molar-refractivity contribution in [3.05, 3.63) is 47.0 Å². The van der Waals surface area contributed by atoms with Gasteiger partial charge in [0.1, 0.15) is 5.82 Å². The molecule has 0 radical (unpaired) electrons. The highest BCUT2D eigenvalue weighted by Gasteiger charge is 2.09. The summed E-state index contributed by atoms with van der Waals surface area (Å²) in [6.45, 7) is 6.29. The number of fused-ring (bicyclic) bond motifs is 1. The Hall–Kier alpha value is -2.29. The Kier molecular flexibility index (Phi) is 2.56. The maximum atomic E-state index is 5.87. The van der Waals surface area contributed by atoms with E-state index >= 15 is 0 Å². The van der Waals surface area contributed by atoms with E-state index in [1.54, 1.807) is 0 Å². The maximum Gasteiger partial charge on any atom is 0.138 e. The zero-order chi connectivity index (χ0) is 13.6. The molecule has 0 atom stereocenters. The van der Waals surface area contributed by atoms with Crippen LogP contribution in [0, 0.1) is 20.8 Å². The number of nitrogens with zero attached hydrogens (tertiary/aromatic N) is 1. The average molecular weight is 251 g/mol. The smallest absolute Gasteiger partial charge is 0.138 e. The molecule has 3 nitrogen and oxygen atoms in total. The Morgan fingerprint density at radius 2 is 1.68 bits per heavy atom. The van der Waals surface area contributed by atoms with Crippen LogP contribution in [0.5, 0.6) is 0 Å². The van der Waals surface area contributed by atoms with Crippen LogP contribution in [0.15, 0.2) is 30.3 Å². The highest BCUT2D eigenvalue weighted by molar-refractivity contribution is 5.82. The molecule has 0 fully saturated rings. The second kappa shape index (κ2) is 4.12. The van der Waals surface area contributed by atoms with E-state index in [1.807, 2.05) is 18.2 Å². The number of hydrogen-bond acceptors (Lipinski definition) is 2. The molecular formula is C16H17N3. The van der Waals surface area contributed by atoms with Gasteiger partial charge in [0.25, 0.3) is 0 Å². The van der Waals surface area contributed by atoms with Gasteiger partial charge in [0.2, 0.25) is 0 Å². The lowest BCUT2D eigenvalue weighted by molar-refractivity contribution is 1.31. The molecule has 1 aromatic heterocycles. The van der Waals surface area contributed by atoms with Crippen molar-refractivity contribution in [2.75, 3.05) is 5.73 Å². The number of hydrogen-bond donors (Lipinski definition) is 2. The Labute approximate surface area is 112 Å². The lowest BCUT2D eigenvalue weighted by Crippen LogP contribution is -1.90. The summed E-state index contributed by atoms with van der Waals surface area (Å²) in [6.07, 6.45) is 0. The lowest BCUT2D eigenvalue weighted by Gasteiger charge is -2.03. The number of nitrogen functional groups attached to an aromatic ring is 1. The molecule has 96 valence electrons. The van der Waals surface area contributed by atoms with E-state index in [4.69, 9.17) is 5.73 Å². The second-order valence-electron chi connectivity index (χ2n) is 5.11. The molecule has 2 aromatic carbocycles. The zero-order valence-electron chi connectivity index (χ0n) is 11.4. The third-order valence-electron chi connectivity index (χ3n) is 3.61. The summed E-state index contributed by atoms with van der Waals surface area (Å²) in [4.78, 5) is 8.06. The van der Waals surface area contributed by atoms with Gasteiger partial charge in [-0.25, -0.2) is 4.98 Å². The van der Waals surface area contributed by atoms with Gasteiger partial charge < -0.3 is 10.7 Å². The molecule has 0 aliphatic heterocycles. The fraction of sp³-hybridized carbons (Fsp3) is 0.188. The quantitative estimate of drug-likeness (QED) is 0.647. The molecule has 0 saturated carbocycles. The van der Waals surface area contributed by atoms with Gasteiger partial charge in [0.15, 0.2) is 0 Å². The molecule has 19 heavy (non-hydrogen) atoms. The first-order chi connectivity index (χ1) is 9.04. The van der Waals surface area contributed by atoms with Crippen molar-refractivity contribution in [1.82, 2.24) is 9.97 Å². The Bertz CT molecular complexity index is 730. The van der Waals surface area contributed by atoms with E-state index in [-0.39, 0.29) is 0 Å².